The van der Waals surface area contributed by atoms with Crippen molar-refractivity contribution >= 4 is 28.6 Å². The van der Waals surface area contributed by atoms with Crippen molar-refractivity contribution < 1.29 is 27.8 Å². The molecule has 3 aromatic rings. The van der Waals surface area contributed by atoms with E-state index < -0.39 is 17.6 Å². The Bertz CT molecular complexity index is 1110. The number of amides is 1. The zero-order valence-corrected chi connectivity index (χ0v) is 17.4. The standard InChI is InChI=1S/C22H23F3N4O3/c1-28-19-10-16(4-7-18(19)27-21(28)29-9-8-14(11-29)12-30)26-20(31)13-32-17-5-2-15(3-6-17)22(23,24)25/h2-7,10,14,30H,8-9,11-13H2,1H3,(H,26,31). The van der Waals surface area contributed by atoms with Crippen molar-refractivity contribution in [3.05, 3.63) is 48.0 Å². The molecule has 1 aromatic heterocycles. The van der Waals surface area contributed by atoms with Gasteiger partial charge in [-0.05, 0) is 48.9 Å². The van der Waals surface area contributed by atoms with Crippen molar-refractivity contribution in [1.82, 2.24) is 9.55 Å². The summed E-state index contributed by atoms with van der Waals surface area (Å²) >= 11 is 0. The number of aryl methyl sites for hydroxylation is 1. The predicted octanol–water partition coefficient (Wildman–Crippen LogP) is 3.43. The first kappa shape index (κ1) is 21.9. The molecule has 1 fully saturated rings. The minimum Gasteiger partial charge on any atom is -0.484 e. The lowest BCUT2D eigenvalue weighted by atomic mass is 10.1. The highest BCUT2D eigenvalue weighted by Crippen LogP contribution is 2.30. The summed E-state index contributed by atoms with van der Waals surface area (Å²) in [5, 5.41) is 12.1. The molecular formula is C22H23F3N4O3. The fourth-order valence-electron chi connectivity index (χ4n) is 3.79. The van der Waals surface area contributed by atoms with Crippen molar-refractivity contribution in [1.29, 1.82) is 0 Å². The molecule has 1 aliphatic heterocycles. The summed E-state index contributed by atoms with van der Waals surface area (Å²) in [5.74, 6) is 0.794. The largest absolute Gasteiger partial charge is 0.484 e. The molecule has 0 radical (unpaired) electrons. The third-order valence-corrected chi connectivity index (χ3v) is 5.52. The van der Waals surface area contributed by atoms with Crippen LogP contribution in [0.5, 0.6) is 5.75 Å². The van der Waals surface area contributed by atoms with Crippen LogP contribution in [-0.2, 0) is 18.0 Å². The number of aliphatic hydroxyl groups is 1. The second-order valence-electron chi connectivity index (χ2n) is 7.82. The first-order valence-electron chi connectivity index (χ1n) is 10.2. The van der Waals surface area contributed by atoms with Crippen LogP contribution in [0.4, 0.5) is 24.8 Å². The fraction of sp³-hybridized carbons (Fsp3) is 0.364. The summed E-state index contributed by atoms with van der Waals surface area (Å²) in [7, 11) is 1.90. The summed E-state index contributed by atoms with van der Waals surface area (Å²) < 4.78 is 45.1. The van der Waals surface area contributed by atoms with Gasteiger partial charge in [0.25, 0.3) is 5.91 Å². The maximum Gasteiger partial charge on any atom is 0.416 e. The number of aromatic nitrogens is 2. The van der Waals surface area contributed by atoms with Crippen molar-refractivity contribution in [2.24, 2.45) is 13.0 Å². The number of rotatable bonds is 6. The van der Waals surface area contributed by atoms with Crippen LogP contribution < -0.4 is 15.0 Å². The number of nitrogens with one attached hydrogen (secondary N) is 1. The Hall–Kier alpha value is -3.27. The number of benzene rings is 2. The minimum absolute atomic E-state index is 0.158. The first-order chi connectivity index (χ1) is 15.2. The molecule has 2 N–H and O–H groups in total. The zero-order chi connectivity index (χ0) is 22.9. The molecule has 1 unspecified atom stereocenters. The van der Waals surface area contributed by atoms with Gasteiger partial charge in [0.05, 0.1) is 16.6 Å². The highest BCUT2D eigenvalue weighted by Gasteiger charge is 2.30. The maximum absolute atomic E-state index is 12.6. The lowest BCUT2D eigenvalue weighted by molar-refractivity contribution is -0.137. The van der Waals surface area contributed by atoms with Crippen LogP contribution in [0.2, 0.25) is 0 Å². The van der Waals surface area contributed by atoms with Gasteiger partial charge in [-0.25, -0.2) is 4.98 Å². The number of hydrogen-bond acceptors (Lipinski definition) is 5. The van der Waals surface area contributed by atoms with Crippen LogP contribution in [0.15, 0.2) is 42.5 Å². The fourth-order valence-corrected chi connectivity index (χ4v) is 3.79. The summed E-state index contributed by atoms with van der Waals surface area (Å²) in [6, 6.07) is 9.52. The topological polar surface area (TPSA) is 79.6 Å². The number of anilines is 2. The number of imidazole rings is 1. The number of carbonyl (C=O) groups is 1. The molecular weight excluding hydrogens is 425 g/mol. The van der Waals surface area contributed by atoms with Gasteiger partial charge < -0.3 is 24.6 Å². The van der Waals surface area contributed by atoms with Crippen LogP contribution in [-0.4, -0.2) is 46.9 Å². The SMILES string of the molecule is Cn1c(N2CCC(CO)C2)nc2ccc(NC(=O)COc3ccc(C(F)(F)F)cc3)cc21. The first-order valence-corrected chi connectivity index (χ1v) is 10.2. The summed E-state index contributed by atoms with van der Waals surface area (Å²) in [6.45, 7) is 1.40. The van der Waals surface area contributed by atoms with E-state index in [1.807, 2.05) is 17.7 Å². The van der Waals surface area contributed by atoms with E-state index in [1.165, 1.54) is 12.1 Å². The Kier molecular flexibility index (Phi) is 5.96. The van der Waals surface area contributed by atoms with Crippen molar-refractivity contribution in [2.75, 3.05) is 36.5 Å². The van der Waals surface area contributed by atoms with Crippen LogP contribution >= 0.6 is 0 Å². The van der Waals surface area contributed by atoms with Crippen LogP contribution in [0.1, 0.15) is 12.0 Å². The van der Waals surface area contributed by atoms with E-state index >= 15 is 0 Å². The number of carbonyl (C=O) groups excluding carboxylic acids is 1. The number of alkyl halides is 3. The van der Waals surface area contributed by atoms with Gasteiger partial charge in [-0.15, -0.1) is 0 Å². The van der Waals surface area contributed by atoms with Crippen LogP contribution in [0, 0.1) is 5.92 Å². The molecule has 32 heavy (non-hydrogen) atoms. The van der Waals surface area contributed by atoms with Gasteiger partial charge in [0.15, 0.2) is 6.61 Å². The lowest BCUT2D eigenvalue weighted by Gasteiger charge is -2.17. The van der Waals surface area contributed by atoms with Crippen LogP contribution in [0.25, 0.3) is 11.0 Å². The molecule has 0 saturated carbocycles. The van der Waals surface area contributed by atoms with E-state index in [1.54, 1.807) is 12.1 Å². The van der Waals surface area contributed by atoms with Gasteiger partial charge in [0.1, 0.15) is 5.75 Å². The Morgan fingerprint density at radius 1 is 1.25 bits per heavy atom. The monoisotopic (exact) mass is 448 g/mol. The quantitative estimate of drug-likeness (QED) is 0.604. The maximum atomic E-state index is 12.6. The molecule has 4 rings (SSSR count). The highest BCUT2D eigenvalue weighted by molar-refractivity contribution is 5.94. The van der Waals surface area contributed by atoms with Gasteiger partial charge in [0.2, 0.25) is 5.95 Å². The third kappa shape index (κ3) is 4.64. The van der Waals surface area contributed by atoms with E-state index in [2.05, 4.69) is 15.2 Å². The molecule has 7 nitrogen and oxygen atoms in total. The predicted molar refractivity (Wildman–Crippen MR) is 114 cm³/mol. The Morgan fingerprint density at radius 2 is 2.00 bits per heavy atom. The van der Waals surface area contributed by atoms with Crippen molar-refractivity contribution in [2.45, 2.75) is 12.6 Å². The molecule has 0 bridgehead atoms. The lowest BCUT2D eigenvalue weighted by Crippen LogP contribution is -2.23. The molecule has 2 heterocycles. The molecule has 10 heteroatoms. The summed E-state index contributed by atoms with van der Waals surface area (Å²) in [6.07, 6.45) is -3.50. The average molecular weight is 448 g/mol. The molecule has 2 aromatic carbocycles. The second-order valence-corrected chi connectivity index (χ2v) is 7.82. The number of fused-ring (bicyclic) bond motifs is 1. The van der Waals surface area contributed by atoms with Gasteiger partial charge in [0, 0.05) is 38.3 Å². The third-order valence-electron chi connectivity index (χ3n) is 5.52. The average Bonchev–Trinajstić information content (AvgIpc) is 3.36. The number of hydrogen-bond donors (Lipinski definition) is 2. The van der Waals surface area contributed by atoms with E-state index in [-0.39, 0.29) is 24.9 Å². The zero-order valence-electron chi connectivity index (χ0n) is 17.4. The Balaban J connectivity index is 1.39. The van der Waals surface area contributed by atoms with Gasteiger partial charge in [-0.3, -0.25) is 4.79 Å². The number of halogens is 3. The summed E-state index contributed by atoms with van der Waals surface area (Å²) in [5.41, 5.74) is 1.41. The van der Waals surface area contributed by atoms with Crippen molar-refractivity contribution in [3.8, 4) is 5.75 Å². The number of nitrogens with zero attached hydrogens (tertiary/aromatic N) is 3. The highest BCUT2D eigenvalue weighted by atomic mass is 19.4. The normalized spacial score (nSPS) is 16.5. The molecule has 170 valence electrons. The Labute approximate surface area is 182 Å². The summed E-state index contributed by atoms with van der Waals surface area (Å²) in [4.78, 5) is 19.1. The molecule has 1 amide bonds. The number of aliphatic hydroxyl groups excluding tert-OH is 1. The molecule has 1 saturated heterocycles. The van der Waals surface area contributed by atoms with Gasteiger partial charge in [-0.2, -0.15) is 13.2 Å². The molecule has 0 aliphatic carbocycles. The van der Waals surface area contributed by atoms with Crippen molar-refractivity contribution in [3.63, 3.8) is 0 Å². The van der Waals surface area contributed by atoms with Crippen LogP contribution in [0.3, 0.4) is 0 Å². The van der Waals surface area contributed by atoms with Gasteiger partial charge in [-0.1, -0.05) is 0 Å². The van der Waals surface area contributed by atoms with Gasteiger partial charge >= 0.3 is 6.18 Å². The number of ether oxygens (including phenoxy) is 1. The minimum atomic E-state index is -4.42. The molecule has 0 spiro atoms. The Morgan fingerprint density at radius 3 is 2.66 bits per heavy atom. The van der Waals surface area contributed by atoms with E-state index in [0.717, 1.165) is 48.6 Å². The smallest absolute Gasteiger partial charge is 0.416 e. The van der Waals surface area contributed by atoms with E-state index in [9.17, 15) is 23.1 Å². The van der Waals surface area contributed by atoms with E-state index in [4.69, 9.17) is 4.74 Å². The van der Waals surface area contributed by atoms with E-state index in [0.29, 0.717) is 5.69 Å². The second kappa shape index (κ2) is 8.70. The molecule has 1 atom stereocenters. The molecule has 1 aliphatic rings.